The Labute approximate surface area is 198 Å². The molecule has 0 spiro atoms. The van der Waals surface area contributed by atoms with E-state index in [2.05, 4.69) is 27.2 Å². The van der Waals surface area contributed by atoms with Crippen molar-refractivity contribution >= 4 is 11.9 Å². The molecule has 3 aromatic rings. The molecule has 176 valence electrons. The molecule has 0 N–H and O–H groups in total. The Kier molecular flexibility index (Phi) is 5.83. The summed E-state index contributed by atoms with van der Waals surface area (Å²) in [4.78, 5) is 12.5. The summed E-state index contributed by atoms with van der Waals surface area (Å²) in [7, 11) is 3.29. The summed E-state index contributed by atoms with van der Waals surface area (Å²) >= 11 is 0. The van der Waals surface area contributed by atoms with Crippen LogP contribution in [0.3, 0.4) is 0 Å². The summed E-state index contributed by atoms with van der Waals surface area (Å²) < 4.78 is 26.7. The molecular formula is C26H27FN4O3. The minimum Gasteiger partial charge on any atom is -0.495 e. The molecule has 0 amide bonds. The molecule has 1 unspecified atom stereocenters. The number of aryl methyl sites for hydroxylation is 1. The van der Waals surface area contributed by atoms with Gasteiger partial charge in [0.25, 0.3) is 5.72 Å². The van der Waals surface area contributed by atoms with Gasteiger partial charge in [0.2, 0.25) is 0 Å². The van der Waals surface area contributed by atoms with Crippen LogP contribution in [0.15, 0.2) is 65.7 Å². The number of fused-ring (bicyclic) bond motifs is 1. The number of aromatic nitrogens is 2. The van der Waals surface area contributed by atoms with Crippen LogP contribution in [0.5, 0.6) is 5.75 Å². The lowest BCUT2D eigenvalue weighted by molar-refractivity contribution is -0.145. The SMILES string of the molecule is COCC1(c2ccc(F)cc2)ON=C2C(=Cc3ccc(-n4cnc(C)c4)c(OC)c3)CCCN21. The van der Waals surface area contributed by atoms with Gasteiger partial charge in [-0.05, 0) is 73.4 Å². The third-order valence-electron chi connectivity index (χ3n) is 6.26. The first-order valence-corrected chi connectivity index (χ1v) is 11.2. The fourth-order valence-corrected chi connectivity index (χ4v) is 4.64. The van der Waals surface area contributed by atoms with Crippen molar-refractivity contribution in [3.05, 3.63) is 83.2 Å². The smallest absolute Gasteiger partial charge is 0.260 e. The summed E-state index contributed by atoms with van der Waals surface area (Å²) in [6, 6.07) is 12.4. The maximum absolute atomic E-state index is 13.6. The van der Waals surface area contributed by atoms with Gasteiger partial charge in [0.1, 0.15) is 18.2 Å². The van der Waals surface area contributed by atoms with Crippen LogP contribution in [0.4, 0.5) is 4.39 Å². The maximum Gasteiger partial charge on any atom is 0.260 e. The summed E-state index contributed by atoms with van der Waals surface area (Å²) in [6.45, 7) is 2.99. The number of nitrogens with zero attached hydrogens (tertiary/aromatic N) is 4. The summed E-state index contributed by atoms with van der Waals surface area (Å²) in [5.41, 5.74) is 3.82. The van der Waals surface area contributed by atoms with Crippen LogP contribution < -0.4 is 4.74 Å². The highest BCUT2D eigenvalue weighted by molar-refractivity contribution is 6.03. The standard InChI is InChI=1S/C26H27FN4O3/c1-18-15-30(17-28-18)23-11-6-19(14-24(23)33-3)13-20-5-4-12-31-25(20)29-34-26(31,16-32-2)21-7-9-22(27)10-8-21/h6-11,13-15,17H,4-5,12,16H2,1-3H3. The Morgan fingerprint density at radius 1 is 1.18 bits per heavy atom. The Hall–Kier alpha value is -3.65. The number of amidine groups is 1. The lowest BCUT2D eigenvalue weighted by Crippen LogP contribution is -2.51. The Balaban J connectivity index is 1.48. The highest BCUT2D eigenvalue weighted by Gasteiger charge is 2.49. The van der Waals surface area contributed by atoms with Crippen molar-refractivity contribution in [2.45, 2.75) is 25.5 Å². The van der Waals surface area contributed by atoms with E-state index in [0.29, 0.717) is 0 Å². The van der Waals surface area contributed by atoms with Gasteiger partial charge >= 0.3 is 0 Å². The number of hydrogen-bond acceptors (Lipinski definition) is 6. The number of rotatable bonds is 6. The van der Waals surface area contributed by atoms with E-state index < -0.39 is 5.72 Å². The second-order valence-electron chi connectivity index (χ2n) is 8.51. The Bertz CT molecular complexity index is 1250. The van der Waals surface area contributed by atoms with Gasteiger partial charge in [0.15, 0.2) is 5.84 Å². The molecular weight excluding hydrogens is 435 g/mol. The molecule has 1 saturated heterocycles. The molecule has 0 radical (unpaired) electrons. The molecule has 3 heterocycles. The van der Waals surface area contributed by atoms with Gasteiger partial charge < -0.3 is 23.8 Å². The fraction of sp³-hybridized carbons (Fsp3) is 0.308. The molecule has 2 aromatic carbocycles. The lowest BCUT2D eigenvalue weighted by atomic mass is 9.94. The first-order valence-electron chi connectivity index (χ1n) is 11.2. The van der Waals surface area contributed by atoms with Crippen LogP contribution >= 0.6 is 0 Å². The van der Waals surface area contributed by atoms with Gasteiger partial charge in [-0.2, -0.15) is 0 Å². The number of piperidine rings is 1. The third-order valence-corrected chi connectivity index (χ3v) is 6.26. The molecule has 0 aliphatic carbocycles. The molecule has 1 aromatic heterocycles. The van der Waals surface area contributed by atoms with Gasteiger partial charge in [0.05, 0.1) is 24.8 Å². The maximum atomic E-state index is 13.6. The van der Waals surface area contributed by atoms with Crippen molar-refractivity contribution in [2.24, 2.45) is 5.16 Å². The topological polar surface area (TPSA) is 61.1 Å². The van der Waals surface area contributed by atoms with Crippen LogP contribution in [0.2, 0.25) is 0 Å². The minimum atomic E-state index is -0.919. The highest BCUT2D eigenvalue weighted by atomic mass is 19.1. The minimum absolute atomic E-state index is 0.270. The second-order valence-corrected chi connectivity index (χ2v) is 8.51. The van der Waals surface area contributed by atoms with Crippen molar-refractivity contribution < 1.29 is 18.7 Å². The largest absolute Gasteiger partial charge is 0.495 e. The van der Waals surface area contributed by atoms with E-state index in [1.807, 2.05) is 29.8 Å². The van der Waals surface area contributed by atoms with Crippen molar-refractivity contribution in [2.75, 3.05) is 27.4 Å². The first-order chi connectivity index (χ1) is 16.5. The number of halogens is 1. The number of oxime groups is 1. The van der Waals surface area contributed by atoms with Gasteiger partial charge in [-0.25, -0.2) is 9.37 Å². The summed E-state index contributed by atoms with van der Waals surface area (Å²) in [6.07, 6.45) is 7.66. The van der Waals surface area contributed by atoms with Crippen molar-refractivity contribution in [1.29, 1.82) is 0 Å². The highest BCUT2D eigenvalue weighted by Crippen LogP contribution is 2.41. The number of benzene rings is 2. The summed E-state index contributed by atoms with van der Waals surface area (Å²) in [5, 5.41) is 4.47. The normalized spacial score (nSPS) is 20.8. The van der Waals surface area contributed by atoms with Crippen LogP contribution in [0.1, 0.15) is 29.7 Å². The molecule has 8 heteroatoms. The molecule has 2 aliphatic heterocycles. The average Bonchev–Trinajstić information content (AvgIpc) is 3.45. The quantitative estimate of drug-likeness (QED) is 0.534. The van der Waals surface area contributed by atoms with Crippen LogP contribution in [0, 0.1) is 12.7 Å². The molecule has 1 fully saturated rings. The van der Waals surface area contributed by atoms with Crippen molar-refractivity contribution in [3.63, 3.8) is 0 Å². The van der Waals surface area contributed by atoms with Crippen LogP contribution in [-0.4, -0.2) is 47.7 Å². The van der Waals surface area contributed by atoms with Crippen LogP contribution in [-0.2, 0) is 15.3 Å². The molecule has 2 aliphatic rings. The van der Waals surface area contributed by atoms with E-state index in [1.54, 1.807) is 32.7 Å². The predicted octanol–water partition coefficient (Wildman–Crippen LogP) is 4.65. The Morgan fingerprint density at radius 2 is 2.00 bits per heavy atom. The average molecular weight is 463 g/mol. The predicted molar refractivity (Wildman–Crippen MR) is 127 cm³/mol. The lowest BCUT2D eigenvalue weighted by Gasteiger charge is -2.39. The van der Waals surface area contributed by atoms with E-state index in [4.69, 9.17) is 14.3 Å². The number of imidazole rings is 1. The van der Waals surface area contributed by atoms with Gasteiger partial charge in [-0.3, -0.25) is 0 Å². The van der Waals surface area contributed by atoms with Crippen molar-refractivity contribution in [3.8, 4) is 11.4 Å². The zero-order valence-electron chi connectivity index (χ0n) is 19.5. The molecule has 34 heavy (non-hydrogen) atoms. The molecule has 5 rings (SSSR count). The molecule has 1 atom stereocenters. The zero-order chi connectivity index (χ0) is 23.7. The van der Waals surface area contributed by atoms with E-state index in [0.717, 1.165) is 59.1 Å². The molecule has 0 bridgehead atoms. The second kappa shape index (κ2) is 8.95. The van der Waals surface area contributed by atoms with Crippen molar-refractivity contribution in [1.82, 2.24) is 14.5 Å². The van der Waals surface area contributed by atoms with E-state index in [-0.39, 0.29) is 12.4 Å². The fourth-order valence-electron chi connectivity index (χ4n) is 4.64. The molecule has 0 saturated carbocycles. The number of hydrogen-bond donors (Lipinski definition) is 0. The number of methoxy groups -OCH3 is 2. The number of ether oxygens (including phenoxy) is 2. The first kappa shape index (κ1) is 22.2. The zero-order valence-corrected chi connectivity index (χ0v) is 19.5. The summed E-state index contributed by atoms with van der Waals surface area (Å²) in [5.74, 6) is 1.24. The van der Waals surface area contributed by atoms with E-state index in [9.17, 15) is 4.39 Å². The van der Waals surface area contributed by atoms with E-state index in [1.165, 1.54) is 12.1 Å². The molecule has 7 nitrogen and oxygen atoms in total. The van der Waals surface area contributed by atoms with Gasteiger partial charge in [-0.15, -0.1) is 0 Å². The Morgan fingerprint density at radius 3 is 2.71 bits per heavy atom. The van der Waals surface area contributed by atoms with Gasteiger partial charge in [-0.1, -0.05) is 11.2 Å². The van der Waals surface area contributed by atoms with Gasteiger partial charge in [0, 0.05) is 25.4 Å². The van der Waals surface area contributed by atoms with E-state index >= 15 is 0 Å². The van der Waals surface area contributed by atoms with Crippen LogP contribution in [0.25, 0.3) is 11.8 Å². The monoisotopic (exact) mass is 462 g/mol. The third kappa shape index (κ3) is 3.84.